The van der Waals surface area contributed by atoms with Gasteiger partial charge in [-0.1, -0.05) is 5.16 Å². The summed E-state index contributed by atoms with van der Waals surface area (Å²) in [7, 11) is 1.58. The highest BCUT2D eigenvalue weighted by atomic mass is 16.5. The molecule has 8 heteroatoms. The Hall–Kier alpha value is -2.35. The Morgan fingerprint density at radius 1 is 1.25 bits per heavy atom. The van der Waals surface area contributed by atoms with Crippen molar-refractivity contribution in [2.24, 2.45) is 0 Å². The van der Waals surface area contributed by atoms with Crippen LogP contribution < -0.4 is 0 Å². The average Bonchev–Trinajstić information content (AvgIpc) is 3.03. The number of fused-ring (bicyclic) bond motifs is 1. The maximum Gasteiger partial charge on any atom is 0.297 e. The third-order valence-electron chi connectivity index (χ3n) is 2.97. The van der Waals surface area contributed by atoms with Crippen LogP contribution in [0.15, 0.2) is 10.6 Å². The molecule has 0 aromatic carbocycles. The number of hydrogen-bond donors (Lipinski definition) is 0. The van der Waals surface area contributed by atoms with Gasteiger partial charge in [-0.05, 0) is 26.8 Å². The van der Waals surface area contributed by atoms with Gasteiger partial charge in [-0.15, -0.1) is 5.10 Å². The average molecular weight is 274 g/mol. The maximum absolute atomic E-state index is 5.17. The molecule has 3 aromatic rings. The van der Waals surface area contributed by atoms with E-state index in [4.69, 9.17) is 9.26 Å². The van der Waals surface area contributed by atoms with Crippen molar-refractivity contribution >= 4 is 5.78 Å². The Labute approximate surface area is 114 Å². The molecule has 3 rings (SSSR count). The van der Waals surface area contributed by atoms with E-state index in [1.54, 1.807) is 11.6 Å². The van der Waals surface area contributed by atoms with Gasteiger partial charge in [0.1, 0.15) is 6.10 Å². The largest absolute Gasteiger partial charge is 0.374 e. The van der Waals surface area contributed by atoms with E-state index in [0.29, 0.717) is 17.4 Å². The fourth-order valence-electron chi connectivity index (χ4n) is 1.85. The lowest BCUT2D eigenvalue weighted by Gasteiger charge is -2.00. The summed E-state index contributed by atoms with van der Waals surface area (Å²) in [5.74, 6) is 1.58. The molecular weight excluding hydrogens is 260 g/mol. The van der Waals surface area contributed by atoms with Gasteiger partial charge in [0.05, 0.1) is 0 Å². The molecule has 0 fully saturated rings. The van der Waals surface area contributed by atoms with Gasteiger partial charge in [0, 0.05) is 18.5 Å². The van der Waals surface area contributed by atoms with Crippen molar-refractivity contribution in [2.45, 2.75) is 26.9 Å². The highest BCUT2D eigenvalue weighted by Crippen LogP contribution is 2.18. The number of hydrogen-bond acceptors (Lipinski definition) is 7. The van der Waals surface area contributed by atoms with Crippen LogP contribution in [0, 0.1) is 13.8 Å². The second kappa shape index (κ2) is 4.64. The molecule has 0 saturated heterocycles. The number of aromatic nitrogens is 6. The Morgan fingerprint density at radius 2 is 2.05 bits per heavy atom. The monoisotopic (exact) mass is 274 g/mol. The molecule has 104 valence electrons. The first kappa shape index (κ1) is 12.7. The van der Waals surface area contributed by atoms with Crippen LogP contribution in [-0.2, 0) is 4.74 Å². The van der Waals surface area contributed by atoms with Gasteiger partial charge >= 0.3 is 0 Å². The van der Waals surface area contributed by atoms with Gasteiger partial charge in [0.15, 0.2) is 0 Å². The van der Waals surface area contributed by atoms with Gasteiger partial charge in [-0.2, -0.15) is 9.97 Å². The first-order chi connectivity index (χ1) is 9.58. The molecule has 0 N–H and O–H groups in total. The summed E-state index contributed by atoms with van der Waals surface area (Å²) in [5, 5.41) is 8.18. The Kier molecular flexibility index (Phi) is 2.94. The van der Waals surface area contributed by atoms with E-state index < -0.39 is 0 Å². The first-order valence-electron chi connectivity index (χ1n) is 6.16. The molecule has 0 radical (unpaired) electrons. The van der Waals surface area contributed by atoms with Crippen LogP contribution in [0.4, 0.5) is 0 Å². The minimum atomic E-state index is -0.244. The second-order valence-electron chi connectivity index (χ2n) is 4.52. The third-order valence-corrected chi connectivity index (χ3v) is 2.97. The van der Waals surface area contributed by atoms with Crippen LogP contribution in [0.3, 0.4) is 0 Å². The molecule has 20 heavy (non-hydrogen) atoms. The summed E-state index contributed by atoms with van der Waals surface area (Å²) >= 11 is 0. The quantitative estimate of drug-likeness (QED) is 0.714. The standard InChI is InChI=1S/C12H14N6O2/c1-6-5-7(2)18-12(13-6)15-10(16-18)11-14-9(17-20-11)8(3)19-4/h5,8H,1-4H3/t8-/m1/s1. The fraction of sp³-hybridized carbons (Fsp3) is 0.417. The number of rotatable bonds is 3. The van der Waals surface area contributed by atoms with Crippen molar-refractivity contribution in [3.8, 4) is 11.7 Å². The predicted molar refractivity (Wildman–Crippen MR) is 69.0 cm³/mol. The summed E-state index contributed by atoms with van der Waals surface area (Å²) < 4.78 is 11.9. The lowest BCUT2D eigenvalue weighted by molar-refractivity contribution is 0.109. The van der Waals surface area contributed by atoms with Crippen molar-refractivity contribution in [1.82, 2.24) is 29.7 Å². The predicted octanol–water partition coefficient (Wildman–Crippen LogP) is 1.50. The van der Waals surface area contributed by atoms with Gasteiger partial charge in [0.25, 0.3) is 11.7 Å². The van der Waals surface area contributed by atoms with Crippen LogP contribution in [0.25, 0.3) is 17.5 Å². The van der Waals surface area contributed by atoms with Gasteiger partial charge in [-0.3, -0.25) is 0 Å². The zero-order valence-electron chi connectivity index (χ0n) is 11.7. The van der Waals surface area contributed by atoms with Gasteiger partial charge < -0.3 is 9.26 Å². The number of ether oxygens (including phenoxy) is 1. The van der Waals surface area contributed by atoms with Crippen molar-refractivity contribution in [2.75, 3.05) is 7.11 Å². The SMILES string of the molecule is CO[C@H](C)c1noc(-c2nc3nc(C)cc(C)n3n2)n1. The van der Waals surface area contributed by atoms with Crippen LogP contribution in [-0.4, -0.2) is 36.8 Å². The minimum Gasteiger partial charge on any atom is -0.374 e. The van der Waals surface area contributed by atoms with Gasteiger partial charge in [-0.25, -0.2) is 9.50 Å². The molecule has 0 aliphatic heterocycles. The van der Waals surface area contributed by atoms with Crippen LogP contribution in [0.5, 0.6) is 0 Å². The van der Waals surface area contributed by atoms with Crippen LogP contribution >= 0.6 is 0 Å². The van der Waals surface area contributed by atoms with Gasteiger partial charge in [0.2, 0.25) is 11.6 Å². The summed E-state index contributed by atoms with van der Waals surface area (Å²) in [4.78, 5) is 12.9. The zero-order chi connectivity index (χ0) is 14.3. The maximum atomic E-state index is 5.17. The number of aryl methyl sites for hydroxylation is 2. The molecule has 0 aliphatic rings. The first-order valence-corrected chi connectivity index (χ1v) is 6.16. The highest BCUT2D eigenvalue weighted by molar-refractivity contribution is 5.45. The molecule has 1 atom stereocenters. The van der Waals surface area contributed by atoms with Crippen LogP contribution in [0.1, 0.15) is 30.2 Å². The lowest BCUT2D eigenvalue weighted by atomic mass is 10.4. The molecule has 3 heterocycles. The third kappa shape index (κ3) is 2.03. The number of methoxy groups -OCH3 is 1. The minimum absolute atomic E-state index is 0.244. The van der Waals surface area contributed by atoms with E-state index in [9.17, 15) is 0 Å². The summed E-state index contributed by atoms with van der Waals surface area (Å²) in [6, 6.07) is 1.93. The molecule has 0 saturated carbocycles. The molecule has 0 spiro atoms. The Bertz CT molecular complexity index is 762. The van der Waals surface area contributed by atoms with E-state index in [2.05, 4.69) is 25.2 Å². The van der Waals surface area contributed by atoms with Crippen molar-refractivity contribution in [1.29, 1.82) is 0 Å². The molecule has 0 aliphatic carbocycles. The molecule has 8 nitrogen and oxygen atoms in total. The second-order valence-corrected chi connectivity index (χ2v) is 4.52. The molecule has 3 aromatic heterocycles. The van der Waals surface area contributed by atoms with Crippen molar-refractivity contribution in [3.05, 3.63) is 23.3 Å². The highest BCUT2D eigenvalue weighted by Gasteiger charge is 2.18. The van der Waals surface area contributed by atoms with E-state index in [0.717, 1.165) is 11.4 Å². The van der Waals surface area contributed by atoms with Crippen LogP contribution in [0.2, 0.25) is 0 Å². The lowest BCUT2D eigenvalue weighted by Crippen LogP contribution is -1.98. The van der Waals surface area contributed by atoms with E-state index in [1.165, 1.54) is 0 Å². The summed E-state index contributed by atoms with van der Waals surface area (Å²) in [6.07, 6.45) is -0.244. The topological polar surface area (TPSA) is 91.2 Å². The van der Waals surface area contributed by atoms with E-state index in [1.807, 2.05) is 26.8 Å². The molecule has 0 bridgehead atoms. The molecule has 0 unspecified atom stereocenters. The summed E-state index contributed by atoms with van der Waals surface area (Å²) in [6.45, 7) is 5.68. The molecular formula is C12H14N6O2. The van der Waals surface area contributed by atoms with E-state index in [-0.39, 0.29) is 12.0 Å². The fourth-order valence-corrected chi connectivity index (χ4v) is 1.85. The smallest absolute Gasteiger partial charge is 0.297 e. The van der Waals surface area contributed by atoms with E-state index >= 15 is 0 Å². The molecule has 0 amide bonds. The Morgan fingerprint density at radius 3 is 2.80 bits per heavy atom. The normalized spacial score (nSPS) is 13.0. The number of nitrogens with zero attached hydrogens (tertiary/aromatic N) is 6. The van der Waals surface area contributed by atoms with Crippen molar-refractivity contribution < 1.29 is 9.26 Å². The Balaban J connectivity index is 2.06. The van der Waals surface area contributed by atoms with Crippen molar-refractivity contribution in [3.63, 3.8) is 0 Å². The zero-order valence-corrected chi connectivity index (χ0v) is 11.7. The summed E-state index contributed by atoms with van der Waals surface area (Å²) in [5.41, 5.74) is 1.82.